The largest absolute Gasteiger partial charge is 0.495 e. The third kappa shape index (κ3) is 2.88. The van der Waals surface area contributed by atoms with Crippen LogP contribution in [0, 0.1) is 6.92 Å². The highest BCUT2D eigenvalue weighted by Gasteiger charge is 2.10. The molecule has 5 heteroatoms. The smallest absolute Gasteiger partial charge is 0.257 e. The van der Waals surface area contributed by atoms with E-state index in [0.29, 0.717) is 17.0 Å². The summed E-state index contributed by atoms with van der Waals surface area (Å²) in [6, 6.07) is 8.40. The first-order valence-corrected chi connectivity index (χ1v) is 6.14. The van der Waals surface area contributed by atoms with E-state index >= 15 is 0 Å². The number of methoxy groups -OCH3 is 1. The number of amides is 1. The quantitative estimate of drug-likeness (QED) is 0.929. The zero-order chi connectivity index (χ0) is 14.7. The van der Waals surface area contributed by atoms with Crippen molar-refractivity contribution in [2.75, 3.05) is 12.4 Å². The molecule has 0 spiro atoms. The predicted octanol–water partition coefficient (Wildman–Crippen LogP) is 1.95. The third-order valence-electron chi connectivity index (χ3n) is 2.95. The number of ether oxygens (including phenoxy) is 1. The number of aryl methyl sites for hydroxylation is 2. The summed E-state index contributed by atoms with van der Waals surface area (Å²) >= 11 is 0. The van der Waals surface area contributed by atoms with Crippen molar-refractivity contribution in [3.05, 3.63) is 58.0 Å². The lowest BCUT2D eigenvalue weighted by Crippen LogP contribution is -2.19. The molecule has 0 aliphatic heterocycles. The third-order valence-corrected chi connectivity index (χ3v) is 2.95. The Morgan fingerprint density at radius 1 is 1.25 bits per heavy atom. The predicted molar refractivity (Wildman–Crippen MR) is 77.4 cm³/mol. The first-order chi connectivity index (χ1) is 9.51. The summed E-state index contributed by atoms with van der Waals surface area (Å²) in [5.74, 6) is 0.304. The Balaban J connectivity index is 2.29. The van der Waals surface area contributed by atoms with E-state index in [0.717, 1.165) is 5.56 Å². The number of nitrogens with zero attached hydrogens (tertiary/aromatic N) is 1. The van der Waals surface area contributed by atoms with Gasteiger partial charge in [-0.05, 0) is 30.7 Å². The Bertz CT molecular complexity index is 705. The molecular weight excluding hydrogens is 256 g/mol. The summed E-state index contributed by atoms with van der Waals surface area (Å²) < 4.78 is 6.57. The first kappa shape index (κ1) is 13.9. The molecule has 20 heavy (non-hydrogen) atoms. The van der Waals surface area contributed by atoms with Crippen molar-refractivity contribution < 1.29 is 9.53 Å². The molecule has 1 N–H and O–H groups in total. The maximum Gasteiger partial charge on any atom is 0.257 e. The number of hydrogen-bond donors (Lipinski definition) is 1. The number of hydrogen-bond acceptors (Lipinski definition) is 3. The van der Waals surface area contributed by atoms with Gasteiger partial charge in [-0.2, -0.15) is 0 Å². The molecule has 0 atom stereocenters. The number of anilines is 1. The summed E-state index contributed by atoms with van der Waals surface area (Å²) in [5.41, 5.74) is 1.87. The Labute approximate surface area is 116 Å². The Hall–Kier alpha value is -2.56. The fourth-order valence-electron chi connectivity index (χ4n) is 1.84. The van der Waals surface area contributed by atoms with Crippen LogP contribution in [0.1, 0.15) is 15.9 Å². The van der Waals surface area contributed by atoms with E-state index in [4.69, 9.17) is 4.74 Å². The van der Waals surface area contributed by atoms with Crippen LogP contribution < -0.4 is 15.6 Å². The molecule has 0 saturated carbocycles. The number of aromatic nitrogens is 1. The zero-order valence-corrected chi connectivity index (χ0v) is 11.6. The van der Waals surface area contributed by atoms with Gasteiger partial charge in [-0.1, -0.05) is 6.07 Å². The van der Waals surface area contributed by atoms with Crippen molar-refractivity contribution in [1.82, 2.24) is 4.57 Å². The van der Waals surface area contributed by atoms with Crippen LogP contribution >= 0.6 is 0 Å². The second-order valence-electron chi connectivity index (χ2n) is 4.52. The lowest BCUT2D eigenvalue weighted by atomic mass is 10.2. The van der Waals surface area contributed by atoms with Crippen LogP contribution in [0.4, 0.5) is 5.69 Å². The summed E-state index contributed by atoms with van der Waals surface area (Å²) in [6.07, 6.45) is 1.50. The molecule has 5 nitrogen and oxygen atoms in total. The monoisotopic (exact) mass is 272 g/mol. The Kier molecular flexibility index (Phi) is 3.89. The first-order valence-electron chi connectivity index (χ1n) is 6.14. The minimum atomic E-state index is -0.287. The van der Waals surface area contributed by atoms with Gasteiger partial charge in [0, 0.05) is 19.3 Å². The van der Waals surface area contributed by atoms with Crippen LogP contribution in [0.2, 0.25) is 0 Å². The SMILES string of the molecule is COc1ccc(C)cc1NC(=O)c1ccc(=O)n(C)c1. The minimum absolute atomic E-state index is 0.158. The van der Waals surface area contributed by atoms with Crippen molar-refractivity contribution in [3.63, 3.8) is 0 Å². The lowest BCUT2D eigenvalue weighted by molar-refractivity contribution is 0.102. The van der Waals surface area contributed by atoms with Crippen LogP contribution in [-0.2, 0) is 7.05 Å². The molecule has 2 aromatic rings. The highest BCUT2D eigenvalue weighted by molar-refractivity contribution is 6.04. The summed E-state index contributed by atoms with van der Waals surface area (Å²) in [5, 5.41) is 2.79. The zero-order valence-electron chi connectivity index (χ0n) is 11.6. The molecule has 0 bridgehead atoms. The molecule has 104 valence electrons. The fourth-order valence-corrected chi connectivity index (χ4v) is 1.84. The Morgan fingerprint density at radius 2 is 2.00 bits per heavy atom. The van der Waals surface area contributed by atoms with Gasteiger partial charge >= 0.3 is 0 Å². The maximum absolute atomic E-state index is 12.2. The lowest BCUT2D eigenvalue weighted by Gasteiger charge is -2.11. The van der Waals surface area contributed by atoms with E-state index in [2.05, 4.69) is 5.32 Å². The van der Waals surface area contributed by atoms with E-state index in [9.17, 15) is 9.59 Å². The van der Waals surface area contributed by atoms with E-state index in [-0.39, 0.29) is 11.5 Å². The summed E-state index contributed by atoms with van der Waals surface area (Å²) in [7, 11) is 3.15. The number of carbonyl (C=O) groups is 1. The van der Waals surface area contributed by atoms with E-state index in [1.54, 1.807) is 20.2 Å². The highest BCUT2D eigenvalue weighted by Crippen LogP contribution is 2.25. The normalized spacial score (nSPS) is 10.2. The molecule has 2 rings (SSSR count). The molecule has 0 aliphatic carbocycles. The highest BCUT2D eigenvalue weighted by atomic mass is 16.5. The topological polar surface area (TPSA) is 60.3 Å². The van der Waals surface area contributed by atoms with E-state index in [1.807, 2.05) is 19.1 Å². The molecule has 0 aliphatic rings. The molecule has 1 aromatic heterocycles. The van der Waals surface area contributed by atoms with Gasteiger partial charge in [0.1, 0.15) is 5.75 Å². The molecule has 1 heterocycles. The molecule has 0 fully saturated rings. The van der Waals surface area contributed by atoms with Gasteiger partial charge in [0.2, 0.25) is 5.56 Å². The molecule has 0 saturated heterocycles. The van der Waals surface area contributed by atoms with Crippen molar-refractivity contribution in [1.29, 1.82) is 0 Å². The molecule has 0 radical (unpaired) electrons. The van der Waals surface area contributed by atoms with Crippen LogP contribution in [0.3, 0.4) is 0 Å². The van der Waals surface area contributed by atoms with Gasteiger partial charge in [-0.15, -0.1) is 0 Å². The Morgan fingerprint density at radius 3 is 2.65 bits per heavy atom. The standard InChI is InChI=1S/C15H16N2O3/c1-10-4-6-13(20-3)12(8-10)16-15(19)11-5-7-14(18)17(2)9-11/h4-9H,1-3H3,(H,16,19). The van der Waals surface area contributed by atoms with Crippen LogP contribution in [-0.4, -0.2) is 17.6 Å². The number of rotatable bonds is 3. The van der Waals surface area contributed by atoms with Crippen molar-refractivity contribution >= 4 is 11.6 Å². The van der Waals surface area contributed by atoms with E-state index in [1.165, 1.54) is 22.9 Å². The van der Waals surface area contributed by atoms with Gasteiger partial charge in [-0.3, -0.25) is 9.59 Å². The average molecular weight is 272 g/mol. The molecule has 1 amide bonds. The van der Waals surface area contributed by atoms with Crippen LogP contribution in [0.5, 0.6) is 5.75 Å². The average Bonchev–Trinajstić information content (AvgIpc) is 2.42. The molecule has 0 unspecified atom stereocenters. The number of benzene rings is 1. The van der Waals surface area contributed by atoms with Gasteiger partial charge in [-0.25, -0.2) is 0 Å². The molecular formula is C15H16N2O3. The second kappa shape index (κ2) is 5.61. The van der Waals surface area contributed by atoms with Crippen molar-refractivity contribution in [2.24, 2.45) is 7.05 Å². The molecule has 1 aromatic carbocycles. The van der Waals surface area contributed by atoms with Gasteiger partial charge in [0.25, 0.3) is 5.91 Å². The van der Waals surface area contributed by atoms with E-state index < -0.39 is 0 Å². The number of nitrogens with one attached hydrogen (secondary N) is 1. The van der Waals surface area contributed by atoms with Crippen molar-refractivity contribution in [2.45, 2.75) is 6.92 Å². The number of carbonyl (C=O) groups excluding carboxylic acids is 1. The van der Waals surface area contributed by atoms with Gasteiger partial charge in [0.05, 0.1) is 18.4 Å². The second-order valence-corrected chi connectivity index (χ2v) is 4.52. The van der Waals surface area contributed by atoms with Crippen LogP contribution in [0.15, 0.2) is 41.3 Å². The summed E-state index contributed by atoms with van der Waals surface area (Å²) in [6.45, 7) is 1.93. The van der Waals surface area contributed by atoms with Gasteiger partial charge < -0.3 is 14.6 Å². The maximum atomic E-state index is 12.2. The fraction of sp³-hybridized carbons (Fsp3) is 0.200. The minimum Gasteiger partial charge on any atom is -0.495 e. The van der Waals surface area contributed by atoms with Gasteiger partial charge in [0.15, 0.2) is 0 Å². The number of pyridine rings is 1. The summed E-state index contributed by atoms with van der Waals surface area (Å²) in [4.78, 5) is 23.5. The van der Waals surface area contributed by atoms with Crippen molar-refractivity contribution in [3.8, 4) is 5.75 Å². The van der Waals surface area contributed by atoms with Crippen LogP contribution in [0.25, 0.3) is 0 Å².